The molecule has 0 aliphatic carbocycles. The molecule has 6 nitrogen and oxygen atoms in total. The number of methoxy groups -OCH3 is 1. The highest BCUT2D eigenvalue weighted by Crippen LogP contribution is 2.30. The fraction of sp³-hybridized carbons (Fsp3) is 0.400. The molecule has 1 fully saturated rings. The number of benzene rings is 3. The minimum atomic E-state index is -0.200. The van der Waals surface area contributed by atoms with Crippen molar-refractivity contribution < 1.29 is 14.3 Å². The smallest absolute Gasteiger partial charge is 0.254 e. The number of carbonyl (C=O) groups is 2. The van der Waals surface area contributed by atoms with Gasteiger partial charge in [0.15, 0.2) is 0 Å². The summed E-state index contributed by atoms with van der Waals surface area (Å²) in [5, 5.41) is 4.88. The number of hydrogen-bond donors (Lipinski definition) is 1. The first-order chi connectivity index (χ1) is 17.5. The quantitative estimate of drug-likeness (QED) is 0.468. The summed E-state index contributed by atoms with van der Waals surface area (Å²) in [7, 11) is 1.64. The second-order valence-corrected chi connectivity index (χ2v) is 9.45. The molecule has 190 valence electrons. The monoisotopic (exact) mass is 487 g/mol. The average molecular weight is 488 g/mol. The predicted molar refractivity (Wildman–Crippen MR) is 144 cm³/mol. The van der Waals surface area contributed by atoms with Crippen LogP contribution >= 0.6 is 0 Å². The van der Waals surface area contributed by atoms with Gasteiger partial charge in [0.2, 0.25) is 5.91 Å². The van der Waals surface area contributed by atoms with E-state index in [9.17, 15) is 9.59 Å². The number of nitrogens with one attached hydrogen (secondary N) is 1. The Balaban J connectivity index is 1.37. The summed E-state index contributed by atoms with van der Waals surface area (Å²) in [6, 6.07) is 19.9. The van der Waals surface area contributed by atoms with E-state index in [4.69, 9.17) is 4.74 Å². The Bertz CT molecular complexity index is 1190. The topological polar surface area (TPSA) is 61.9 Å². The normalized spacial score (nSPS) is 15.8. The molecule has 2 amide bonds. The van der Waals surface area contributed by atoms with Crippen LogP contribution in [0.3, 0.4) is 0 Å². The van der Waals surface area contributed by atoms with Gasteiger partial charge in [-0.15, -0.1) is 0 Å². The molecule has 0 bridgehead atoms. The van der Waals surface area contributed by atoms with Gasteiger partial charge >= 0.3 is 0 Å². The second-order valence-electron chi connectivity index (χ2n) is 9.45. The maximum Gasteiger partial charge on any atom is 0.254 e. The van der Waals surface area contributed by atoms with Gasteiger partial charge < -0.3 is 15.0 Å². The molecule has 1 aliphatic heterocycles. The van der Waals surface area contributed by atoms with Crippen molar-refractivity contribution in [2.45, 2.75) is 39.8 Å². The van der Waals surface area contributed by atoms with Crippen molar-refractivity contribution in [1.82, 2.24) is 15.1 Å². The predicted octanol–water partition coefficient (Wildman–Crippen LogP) is 4.86. The van der Waals surface area contributed by atoms with Crippen molar-refractivity contribution in [2.75, 3.05) is 33.3 Å². The number of carbonyl (C=O) groups excluding carboxylic acids is 2. The van der Waals surface area contributed by atoms with E-state index >= 15 is 0 Å². The summed E-state index contributed by atoms with van der Waals surface area (Å²) in [6.45, 7) is 8.95. The van der Waals surface area contributed by atoms with Gasteiger partial charge in [-0.2, -0.15) is 0 Å². The Morgan fingerprint density at radius 2 is 1.67 bits per heavy atom. The number of piperidine rings is 1. The lowest BCUT2D eigenvalue weighted by atomic mass is 9.95. The number of nitrogens with zero attached hydrogens (tertiary/aromatic N) is 2. The molecule has 1 atom stereocenters. The fourth-order valence-electron chi connectivity index (χ4n) is 4.98. The van der Waals surface area contributed by atoms with E-state index in [0.717, 1.165) is 54.6 Å². The van der Waals surface area contributed by atoms with Crippen LogP contribution in [0.1, 0.15) is 48.2 Å². The second kappa shape index (κ2) is 12.0. The van der Waals surface area contributed by atoms with Gasteiger partial charge in [0.25, 0.3) is 5.91 Å². The van der Waals surface area contributed by atoms with Crippen molar-refractivity contribution in [3.8, 4) is 5.75 Å². The first-order valence-corrected chi connectivity index (χ1v) is 13.0. The van der Waals surface area contributed by atoms with E-state index in [1.165, 1.54) is 5.56 Å². The zero-order chi connectivity index (χ0) is 25.5. The summed E-state index contributed by atoms with van der Waals surface area (Å²) in [5.41, 5.74) is 3.01. The van der Waals surface area contributed by atoms with E-state index in [1.807, 2.05) is 41.3 Å². The highest BCUT2D eigenvalue weighted by atomic mass is 16.5. The summed E-state index contributed by atoms with van der Waals surface area (Å²) in [5.74, 6) is 0.530. The third-order valence-electron chi connectivity index (χ3n) is 7.20. The largest absolute Gasteiger partial charge is 0.496 e. The first kappa shape index (κ1) is 25.7. The van der Waals surface area contributed by atoms with E-state index in [2.05, 4.69) is 48.3 Å². The van der Waals surface area contributed by atoms with Crippen LogP contribution in [0, 0.1) is 5.92 Å². The Kier molecular flexibility index (Phi) is 8.60. The summed E-state index contributed by atoms with van der Waals surface area (Å²) < 4.78 is 5.47. The van der Waals surface area contributed by atoms with Crippen molar-refractivity contribution in [1.29, 1.82) is 0 Å². The van der Waals surface area contributed by atoms with Crippen molar-refractivity contribution >= 4 is 22.6 Å². The molecule has 1 N–H and O–H groups in total. The van der Waals surface area contributed by atoms with E-state index in [-0.39, 0.29) is 17.7 Å². The third kappa shape index (κ3) is 5.88. The molecule has 1 saturated heterocycles. The Labute approximate surface area is 214 Å². The maximum atomic E-state index is 13.5. The van der Waals surface area contributed by atoms with Gasteiger partial charge in [-0.25, -0.2) is 0 Å². The Morgan fingerprint density at radius 1 is 0.972 bits per heavy atom. The summed E-state index contributed by atoms with van der Waals surface area (Å²) in [4.78, 5) is 30.7. The van der Waals surface area contributed by atoms with Crippen LogP contribution in [-0.4, -0.2) is 54.9 Å². The Morgan fingerprint density at radius 3 is 2.36 bits per heavy atom. The number of fused-ring (bicyclic) bond motifs is 1. The van der Waals surface area contributed by atoms with Crippen molar-refractivity contribution in [2.24, 2.45) is 5.92 Å². The van der Waals surface area contributed by atoms with E-state index in [1.54, 1.807) is 7.11 Å². The standard InChI is InChI=1S/C30H37N3O3/c1-4-32(5-2)20-23-14-12-22(13-15-23)19-31-29(34)24-9-8-18-33(21-24)30(35)27-16-17-28(36-3)26-11-7-6-10-25(26)27/h6-7,10-17,24H,4-5,8-9,18-21H2,1-3H3,(H,31,34). The average Bonchev–Trinajstić information content (AvgIpc) is 2.94. The molecule has 3 aromatic rings. The third-order valence-corrected chi connectivity index (χ3v) is 7.20. The highest BCUT2D eigenvalue weighted by Gasteiger charge is 2.29. The highest BCUT2D eigenvalue weighted by molar-refractivity contribution is 6.08. The van der Waals surface area contributed by atoms with Crippen LogP contribution in [0.4, 0.5) is 0 Å². The fourth-order valence-corrected chi connectivity index (χ4v) is 4.98. The molecule has 4 rings (SSSR count). The Hall–Kier alpha value is -3.38. The number of hydrogen-bond acceptors (Lipinski definition) is 4. The van der Waals surface area contributed by atoms with Gasteiger partial charge in [-0.1, -0.05) is 62.4 Å². The summed E-state index contributed by atoms with van der Waals surface area (Å²) in [6.07, 6.45) is 1.61. The molecule has 1 aliphatic rings. The first-order valence-electron chi connectivity index (χ1n) is 13.0. The molecular weight excluding hydrogens is 450 g/mol. The van der Waals surface area contributed by atoms with Crippen LogP contribution in [0.15, 0.2) is 60.7 Å². The molecule has 36 heavy (non-hydrogen) atoms. The minimum absolute atomic E-state index is 0.0132. The molecule has 3 aromatic carbocycles. The molecule has 0 spiro atoms. The van der Waals surface area contributed by atoms with Crippen LogP contribution in [0.25, 0.3) is 10.8 Å². The van der Waals surface area contributed by atoms with Crippen LogP contribution in [-0.2, 0) is 17.9 Å². The summed E-state index contributed by atoms with van der Waals surface area (Å²) >= 11 is 0. The van der Waals surface area contributed by atoms with Crippen molar-refractivity contribution in [3.05, 3.63) is 77.4 Å². The zero-order valence-corrected chi connectivity index (χ0v) is 21.6. The molecule has 0 aromatic heterocycles. The van der Waals surface area contributed by atoms with Gasteiger partial charge in [0.05, 0.1) is 13.0 Å². The zero-order valence-electron chi connectivity index (χ0n) is 21.6. The van der Waals surface area contributed by atoms with Crippen LogP contribution in [0.2, 0.25) is 0 Å². The molecule has 6 heteroatoms. The molecule has 0 radical (unpaired) electrons. The molecule has 0 saturated carbocycles. The lowest BCUT2D eigenvalue weighted by Crippen LogP contribution is -2.45. The van der Waals surface area contributed by atoms with Gasteiger partial charge in [0, 0.05) is 37.1 Å². The minimum Gasteiger partial charge on any atom is -0.496 e. The SMILES string of the molecule is CCN(CC)Cc1ccc(CNC(=O)C2CCCN(C(=O)c3ccc(OC)c4ccccc34)C2)cc1. The maximum absolute atomic E-state index is 13.5. The van der Waals surface area contributed by atoms with Gasteiger partial charge in [-0.05, 0) is 54.6 Å². The molecule has 1 heterocycles. The lowest BCUT2D eigenvalue weighted by molar-refractivity contribution is -0.126. The molecule has 1 unspecified atom stereocenters. The van der Waals surface area contributed by atoms with Crippen LogP contribution in [0.5, 0.6) is 5.75 Å². The lowest BCUT2D eigenvalue weighted by Gasteiger charge is -2.32. The van der Waals surface area contributed by atoms with E-state index in [0.29, 0.717) is 25.2 Å². The van der Waals surface area contributed by atoms with Gasteiger partial charge in [0.1, 0.15) is 5.75 Å². The van der Waals surface area contributed by atoms with E-state index < -0.39 is 0 Å². The molecular formula is C30H37N3O3. The van der Waals surface area contributed by atoms with Gasteiger partial charge in [-0.3, -0.25) is 14.5 Å². The number of ether oxygens (including phenoxy) is 1. The number of rotatable bonds is 9. The number of likely N-dealkylation sites (tertiary alicyclic amines) is 1. The number of amides is 2. The van der Waals surface area contributed by atoms with Crippen LogP contribution < -0.4 is 10.1 Å². The van der Waals surface area contributed by atoms with Crippen molar-refractivity contribution in [3.63, 3.8) is 0 Å².